The quantitative estimate of drug-likeness (QED) is 0.904. The number of rotatable bonds is 5. The van der Waals surface area contributed by atoms with Crippen LogP contribution in [0.5, 0.6) is 5.75 Å². The van der Waals surface area contributed by atoms with Crippen molar-refractivity contribution in [3.8, 4) is 5.75 Å². The first-order valence-corrected chi connectivity index (χ1v) is 6.96. The van der Waals surface area contributed by atoms with E-state index in [2.05, 4.69) is 5.32 Å². The number of para-hydroxylation sites is 1. The summed E-state index contributed by atoms with van der Waals surface area (Å²) in [4.78, 5) is 25.5. The van der Waals surface area contributed by atoms with Gasteiger partial charge in [0.05, 0.1) is 12.7 Å². The zero-order valence-electron chi connectivity index (χ0n) is 13.4. The fourth-order valence-corrected chi connectivity index (χ4v) is 2.17. The minimum atomic E-state index is -0.263. The number of nitrogens with one attached hydrogen (secondary N) is 1. The standard InChI is InChI=1S/C16H24N2O3/c1-12(19)18(16(2,3)4)11-10-17-15(20)13-8-6-7-9-14(13)21-5/h6-9H,10-11H2,1-5H3,(H,17,20). The maximum absolute atomic E-state index is 12.1. The number of nitrogens with zero attached hydrogens (tertiary/aromatic N) is 1. The Hall–Kier alpha value is -2.04. The summed E-state index contributed by atoms with van der Waals surface area (Å²) in [5, 5.41) is 2.82. The fraction of sp³-hybridized carbons (Fsp3) is 0.500. The summed E-state index contributed by atoms with van der Waals surface area (Å²) in [5.74, 6) is 0.327. The molecule has 1 aromatic carbocycles. The Morgan fingerprint density at radius 3 is 2.38 bits per heavy atom. The monoisotopic (exact) mass is 292 g/mol. The maximum Gasteiger partial charge on any atom is 0.255 e. The molecule has 1 N–H and O–H groups in total. The summed E-state index contributed by atoms with van der Waals surface area (Å²) < 4.78 is 5.16. The molecule has 0 aliphatic rings. The second-order valence-corrected chi connectivity index (χ2v) is 5.80. The second-order valence-electron chi connectivity index (χ2n) is 5.80. The highest BCUT2D eigenvalue weighted by Gasteiger charge is 2.23. The molecule has 0 aromatic heterocycles. The number of ether oxygens (including phenoxy) is 1. The number of methoxy groups -OCH3 is 1. The molecule has 5 nitrogen and oxygen atoms in total. The number of carbonyl (C=O) groups excluding carboxylic acids is 2. The zero-order valence-corrected chi connectivity index (χ0v) is 13.4. The Morgan fingerprint density at radius 1 is 1.24 bits per heavy atom. The summed E-state index contributed by atoms with van der Waals surface area (Å²) in [7, 11) is 1.53. The van der Waals surface area contributed by atoms with Crippen molar-refractivity contribution in [1.82, 2.24) is 10.2 Å². The van der Waals surface area contributed by atoms with Crippen LogP contribution >= 0.6 is 0 Å². The van der Waals surface area contributed by atoms with Crippen molar-refractivity contribution >= 4 is 11.8 Å². The van der Waals surface area contributed by atoms with Crippen LogP contribution in [0.2, 0.25) is 0 Å². The highest BCUT2D eigenvalue weighted by Crippen LogP contribution is 2.17. The predicted octanol–water partition coefficient (Wildman–Crippen LogP) is 2.07. The molecule has 21 heavy (non-hydrogen) atoms. The number of hydrogen-bond donors (Lipinski definition) is 1. The van der Waals surface area contributed by atoms with Gasteiger partial charge in [-0.3, -0.25) is 9.59 Å². The van der Waals surface area contributed by atoms with E-state index in [1.807, 2.05) is 26.8 Å². The van der Waals surface area contributed by atoms with Gasteiger partial charge in [-0.15, -0.1) is 0 Å². The van der Waals surface area contributed by atoms with Crippen molar-refractivity contribution in [2.24, 2.45) is 0 Å². The summed E-state index contributed by atoms with van der Waals surface area (Å²) >= 11 is 0. The smallest absolute Gasteiger partial charge is 0.255 e. The van der Waals surface area contributed by atoms with Gasteiger partial charge in [-0.2, -0.15) is 0 Å². The Morgan fingerprint density at radius 2 is 1.86 bits per heavy atom. The van der Waals surface area contributed by atoms with E-state index < -0.39 is 0 Å². The molecule has 0 saturated carbocycles. The molecule has 0 saturated heterocycles. The predicted molar refractivity (Wildman–Crippen MR) is 82.5 cm³/mol. The summed E-state index contributed by atoms with van der Waals surface area (Å²) in [6, 6.07) is 7.05. The van der Waals surface area contributed by atoms with Crippen LogP contribution in [0.3, 0.4) is 0 Å². The average molecular weight is 292 g/mol. The minimum absolute atomic E-state index is 0.00552. The lowest BCUT2D eigenvalue weighted by molar-refractivity contribution is -0.133. The van der Waals surface area contributed by atoms with Crippen molar-refractivity contribution in [3.63, 3.8) is 0 Å². The van der Waals surface area contributed by atoms with Crippen molar-refractivity contribution in [2.45, 2.75) is 33.2 Å². The van der Waals surface area contributed by atoms with Crippen LogP contribution in [0.25, 0.3) is 0 Å². The maximum atomic E-state index is 12.1. The highest BCUT2D eigenvalue weighted by molar-refractivity contribution is 5.96. The second kappa shape index (κ2) is 7.11. The van der Waals surface area contributed by atoms with E-state index in [9.17, 15) is 9.59 Å². The van der Waals surface area contributed by atoms with Gasteiger partial charge in [-0.25, -0.2) is 0 Å². The minimum Gasteiger partial charge on any atom is -0.496 e. The van der Waals surface area contributed by atoms with E-state index in [4.69, 9.17) is 4.74 Å². The number of amides is 2. The molecule has 5 heteroatoms. The molecule has 1 aromatic rings. The SMILES string of the molecule is COc1ccccc1C(=O)NCCN(C(C)=O)C(C)(C)C. The van der Waals surface area contributed by atoms with Gasteiger partial charge in [-0.1, -0.05) is 12.1 Å². The third-order valence-electron chi connectivity index (χ3n) is 3.16. The molecule has 116 valence electrons. The van der Waals surface area contributed by atoms with Crippen molar-refractivity contribution < 1.29 is 14.3 Å². The molecule has 1 rings (SSSR count). The molecular weight excluding hydrogens is 268 g/mol. The van der Waals surface area contributed by atoms with Crippen LogP contribution in [-0.2, 0) is 4.79 Å². The van der Waals surface area contributed by atoms with Gasteiger partial charge in [0.15, 0.2) is 0 Å². The molecule has 0 atom stereocenters. The molecule has 0 aliphatic heterocycles. The largest absolute Gasteiger partial charge is 0.496 e. The Bertz CT molecular complexity index is 506. The van der Waals surface area contributed by atoms with Crippen molar-refractivity contribution in [3.05, 3.63) is 29.8 Å². The molecule has 0 spiro atoms. The number of hydrogen-bond acceptors (Lipinski definition) is 3. The Labute approximate surface area is 126 Å². The van der Waals surface area contributed by atoms with Crippen LogP contribution < -0.4 is 10.1 Å². The molecule has 0 radical (unpaired) electrons. The normalized spacial score (nSPS) is 10.9. The molecule has 0 fully saturated rings. The lowest BCUT2D eigenvalue weighted by atomic mass is 10.1. The lowest BCUT2D eigenvalue weighted by Gasteiger charge is -2.35. The summed E-state index contributed by atoms with van der Waals surface area (Å²) in [6.45, 7) is 8.31. The Balaban J connectivity index is 2.63. The molecular formula is C16H24N2O3. The molecule has 0 unspecified atom stereocenters. The highest BCUT2D eigenvalue weighted by atomic mass is 16.5. The fourth-order valence-electron chi connectivity index (χ4n) is 2.17. The first kappa shape index (κ1) is 17.0. The topological polar surface area (TPSA) is 58.6 Å². The Kier molecular flexibility index (Phi) is 5.76. The zero-order chi connectivity index (χ0) is 16.0. The van der Waals surface area contributed by atoms with Gasteiger partial charge in [0.2, 0.25) is 5.91 Å². The molecule has 0 heterocycles. The first-order valence-electron chi connectivity index (χ1n) is 6.96. The van der Waals surface area contributed by atoms with E-state index in [-0.39, 0.29) is 17.4 Å². The van der Waals surface area contributed by atoms with Crippen LogP contribution in [-0.4, -0.2) is 42.5 Å². The lowest BCUT2D eigenvalue weighted by Crippen LogP contribution is -2.48. The summed E-state index contributed by atoms with van der Waals surface area (Å²) in [6.07, 6.45) is 0. The molecule has 2 amide bonds. The first-order chi connectivity index (χ1) is 9.77. The number of benzene rings is 1. The van der Waals surface area contributed by atoms with Gasteiger partial charge >= 0.3 is 0 Å². The van der Waals surface area contributed by atoms with Gasteiger partial charge in [-0.05, 0) is 32.9 Å². The van der Waals surface area contributed by atoms with E-state index in [0.29, 0.717) is 24.4 Å². The van der Waals surface area contributed by atoms with Crippen molar-refractivity contribution in [1.29, 1.82) is 0 Å². The van der Waals surface area contributed by atoms with E-state index in [1.165, 1.54) is 14.0 Å². The van der Waals surface area contributed by atoms with Gasteiger partial charge in [0.25, 0.3) is 5.91 Å². The van der Waals surface area contributed by atoms with Crippen LogP contribution in [0.15, 0.2) is 24.3 Å². The van der Waals surface area contributed by atoms with Crippen LogP contribution in [0.4, 0.5) is 0 Å². The third-order valence-corrected chi connectivity index (χ3v) is 3.16. The molecule has 0 bridgehead atoms. The van der Waals surface area contributed by atoms with Gasteiger partial charge < -0.3 is 15.0 Å². The number of carbonyl (C=O) groups is 2. The van der Waals surface area contributed by atoms with Gasteiger partial charge in [0.1, 0.15) is 5.75 Å². The van der Waals surface area contributed by atoms with Crippen molar-refractivity contribution in [2.75, 3.05) is 20.2 Å². The van der Waals surface area contributed by atoms with E-state index in [0.717, 1.165) is 0 Å². The van der Waals surface area contributed by atoms with E-state index >= 15 is 0 Å². The average Bonchev–Trinajstić information content (AvgIpc) is 2.41. The third kappa shape index (κ3) is 4.77. The van der Waals surface area contributed by atoms with E-state index in [1.54, 1.807) is 23.1 Å². The van der Waals surface area contributed by atoms with Gasteiger partial charge in [0, 0.05) is 25.6 Å². The molecule has 0 aliphatic carbocycles. The van der Waals surface area contributed by atoms with Crippen LogP contribution in [0.1, 0.15) is 38.1 Å². The summed E-state index contributed by atoms with van der Waals surface area (Å²) in [5.41, 5.74) is 0.228. The van der Waals surface area contributed by atoms with Crippen LogP contribution in [0, 0.1) is 0 Å².